The molecule has 3 aliphatic rings. The number of nitrogens with zero attached hydrogens (tertiary/aromatic N) is 5. The molecule has 0 radical (unpaired) electrons. The molecule has 0 saturated heterocycles. The maximum atomic E-state index is 13.5. The lowest BCUT2D eigenvalue weighted by Crippen LogP contribution is -2.36. The number of aromatic nitrogens is 4. The van der Waals surface area contributed by atoms with Gasteiger partial charge in [0.05, 0.1) is 24.0 Å². The van der Waals surface area contributed by atoms with E-state index in [1.54, 1.807) is 12.4 Å². The Morgan fingerprint density at radius 3 is 2.77 bits per heavy atom. The van der Waals surface area contributed by atoms with E-state index in [1.165, 1.54) is 34.9 Å². The minimum atomic E-state index is -0.719. The van der Waals surface area contributed by atoms with E-state index in [0.717, 1.165) is 39.3 Å². The van der Waals surface area contributed by atoms with Crippen molar-refractivity contribution in [2.24, 2.45) is 0 Å². The van der Waals surface area contributed by atoms with Gasteiger partial charge in [-0.25, -0.2) is 9.97 Å². The molecule has 1 aliphatic carbocycles. The number of anilines is 2. The Morgan fingerprint density at radius 2 is 1.95 bits per heavy atom. The van der Waals surface area contributed by atoms with Crippen molar-refractivity contribution in [2.45, 2.75) is 63.8 Å². The Morgan fingerprint density at radius 1 is 1.10 bits per heavy atom. The van der Waals surface area contributed by atoms with Crippen LogP contribution in [0.5, 0.6) is 0 Å². The molecule has 204 valence electrons. The average Bonchev–Trinajstić information content (AvgIpc) is 3.43. The molecule has 0 bridgehead atoms. The summed E-state index contributed by atoms with van der Waals surface area (Å²) in [6.45, 7) is 3.86. The second kappa shape index (κ2) is 9.49. The van der Waals surface area contributed by atoms with E-state index in [0.29, 0.717) is 36.2 Å². The van der Waals surface area contributed by atoms with Crippen LogP contribution < -0.4 is 21.9 Å². The molecular formula is C28H28N8O3S. The third kappa shape index (κ3) is 4.42. The second-order valence-corrected chi connectivity index (χ2v) is 12.0. The van der Waals surface area contributed by atoms with Crippen molar-refractivity contribution in [1.82, 2.24) is 29.7 Å². The predicted octanol–water partition coefficient (Wildman–Crippen LogP) is 2.93. The summed E-state index contributed by atoms with van der Waals surface area (Å²) in [6, 6.07) is 5.54. The third-order valence-corrected chi connectivity index (χ3v) is 9.02. The molecule has 2 aliphatic heterocycles. The molecule has 4 N–H and O–H groups in total. The average molecular weight is 557 g/mol. The fourth-order valence-corrected chi connectivity index (χ4v) is 6.71. The number of rotatable bonds is 6. The molecule has 0 unspecified atom stereocenters. The third-order valence-electron chi connectivity index (χ3n) is 7.92. The topological polar surface area (TPSA) is 148 Å². The maximum Gasteiger partial charge on any atom is 0.278 e. The number of pyridine rings is 2. The molecule has 2 atom stereocenters. The number of carbonyl (C=O) groups excluding carboxylic acids is 2. The van der Waals surface area contributed by atoms with Gasteiger partial charge in [0.2, 0.25) is 5.91 Å². The highest BCUT2D eigenvalue weighted by Gasteiger charge is 2.36. The van der Waals surface area contributed by atoms with Crippen LogP contribution in [0.2, 0.25) is 0 Å². The zero-order valence-corrected chi connectivity index (χ0v) is 22.7. The van der Waals surface area contributed by atoms with Crippen molar-refractivity contribution in [1.29, 1.82) is 0 Å². The molecule has 2 amide bonds. The zero-order chi connectivity index (χ0) is 27.5. The van der Waals surface area contributed by atoms with Gasteiger partial charge in [0, 0.05) is 52.4 Å². The summed E-state index contributed by atoms with van der Waals surface area (Å²) in [6.07, 6.45) is 7.53. The van der Waals surface area contributed by atoms with Crippen molar-refractivity contribution >= 4 is 44.7 Å². The summed E-state index contributed by atoms with van der Waals surface area (Å²) in [4.78, 5) is 56.3. The van der Waals surface area contributed by atoms with Crippen LogP contribution in [0.25, 0.3) is 10.1 Å². The number of nitrogens with one attached hydrogen (secondary N) is 2. The van der Waals surface area contributed by atoms with E-state index in [2.05, 4.69) is 30.5 Å². The largest absolute Gasteiger partial charge is 0.384 e. The summed E-state index contributed by atoms with van der Waals surface area (Å²) in [5.41, 5.74) is 7.82. The van der Waals surface area contributed by atoms with E-state index < -0.39 is 17.5 Å². The van der Waals surface area contributed by atoms with Crippen LogP contribution in [-0.2, 0) is 24.4 Å². The van der Waals surface area contributed by atoms with Gasteiger partial charge in [-0.05, 0) is 43.0 Å². The highest BCUT2D eigenvalue weighted by atomic mass is 32.1. The van der Waals surface area contributed by atoms with E-state index in [9.17, 15) is 14.4 Å². The molecule has 12 heteroatoms. The molecule has 6 heterocycles. The second-order valence-electron chi connectivity index (χ2n) is 10.9. The molecular weight excluding hydrogens is 528 g/mol. The van der Waals surface area contributed by atoms with E-state index in [1.807, 2.05) is 25.1 Å². The summed E-state index contributed by atoms with van der Waals surface area (Å²) < 4.78 is 2.41. The zero-order valence-electron chi connectivity index (χ0n) is 21.9. The molecule has 1 fully saturated rings. The lowest BCUT2D eigenvalue weighted by Gasteiger charge is -2.15. The minimum Gasteiger partial charge on any atom is -0.384 e. The molecule has 1 saturated carbocycles. The van der Waals surface area contributed by atoms with Gasteiger partial charge in [0.1, 0.15) is 23.4 Å². The van der Waals surface area contributed by atoms with Crippen LogP contribution in [0.4, 0.5) is 11.5 Å². The lowest BCUT2D eigenvalue weighted by molar-refractivity contribution is -0.124. The quantitative estimate of drug-likeness (QED) is 0.328. The molecule has 4 aromatic rings. The van der Waals surface area contributed by atoms with Crippen LogP contribution >= 0.6 is 11.3 Å². The number of amides is 2. The van der Waals surface area contributed by atoms with Crippen LogP contribution in [0.1, 0.15) is 70.5 Å². The minimum absolute atomic E-state index is 0.0374. The first kappa shape index (κ1) is 24.9. The van der Waals surface area contributed by atoms with Crippen molar-refractivity contribution < 1.29 is 9.59 Å². The van der Waals surface area contributed by atoms with Gasteiger partial charge < -0.3 is 16.4 Å². The van der Waals surface area contributed by atoms with Crippen molar-refractivity contribution in [3.05, 3.63) is 74.7 Å². The number of hydrogen-bond donors (Lipinski definition) is 3. The fourth-order valence-electron chi connectivity index (χ4n) is 5.69. The van der Waals surface area contributed by atoms with Crippen LogP contribution in [0.15, 0.2) is 41.6 Å². The fraction of sp³-hybridized carbons (Fsp3) is 0.357. The highest BCUT2D eigenvalue weighted by molar-refractivity contribution is 7.19. The number of nitrogen functional groups attached to an aromatic ring is 1. The van der Waals surface area contributed by atoms with E-state index in [4.69, 9.17) is 5.73 Å². The van der Waals surface area contributed by atoms with Crippen molar-refractivity contribution in [3.8, 4) is 0 Å². The summed E-state index contributed by atoms with van der Waals surface area (Å²) >= 11 is 1.53. The Bertz CT molecular complexity index is 1740. The van der Waals surface area contributed by atoms with Gasteiger partial charge in [-0.3, -0.25) is 28.8 Å². The first-order chi connectivity index (χ1) is 19.3. The molecule has 0 spiro atoms. The summed E-state index contributed by atoms with van der Waals surface area (Å²) in [7, 11) is 0. The molecule has 0 aromatic carbocycles. The van der Waals surface area contributed by atoms with Gasteiger partial charge in [-0.2, -0.15) is 0 Å². The number of nitrogens with two attached hydrogens (primary N) is 1. The van der Waals surface area contributed by atoms with Gasteiger partial charge in [-0.1, -0.05) is 6.92 Å². The van der Waals surface area contributed by atoms with Gasteiger partial charge in [0.25, 0.3) is 11.5 Å². The molecule has 40 heavy (non-hydrogen) atoms. The van der Waals surface area contributed by atoms with Crippen molar-refractivity contribution in [2.75, 3.05) is 11.1 Å². The number of fused-ring (bicyclic) bond motifs is 3. The van der Waals surface area contributed by atoms with Crippen LogP contribution in [0, 0.1) is 0 Å². The first-order valence-electron chi connectivity index (χ1n) is 13.4. The standard InChI is InChI=1S/C28H28N8O3S/c1-14-4-22(27(38)33-10-19-6-15-8-31-24(29)7-23(15)40-19)36-25(14)32-11-20(28(36)39)34-26(37)16-5-17-12-35(18-2-3-18)13-21(17)30-9-16/h5-9,11,14,18,22H,2-4,10,12-13H2,1H3,(H2,29,31)(H,33,38)(H,34,37)/t14-,22+/m1/s1. The van der Waals surface area contributed by atoms with Gasteiger partial charge in [-0.15, -0.1) is 11.3 Å². The Kier molecular flexibility index (Phi) is 5.90. The predicted molar refractivity (Wildman–Crippen MR) is 151 cm³/mol. The van der Waals surface area contributed by atoms with Crippen LogP contribution in [-0.4, -0.2) is 42.3 Å². The van der Waals surface area contributed by atoms with Crippen LogP contribution in [0.3, 0.4) is 0 Å². The maximum absolute atomic E-state index is 13.5. The summed E-state index contributed by atoms with van der Waals surface area (Å²) in [5.74, 6) is 0.208. The number of thiophene rings is 1. The van der Waals surface area contributed by atoms with E-state index in [-0.39, 0.29) is 17.5 Å². The SMILES string of the molecule is C[C@@H]1C[C@@H](C(=O)NCc2cc3cnc(N)cc3s2)n2c1ncc(NC(=O)c1cnc3c(c1)CN(C1CC1)C3)c2=O. The number of carbonyl (C=O) groups is 2. The summed E-state index contributed by atoms with van der Waals surface area (Å²) in [5, 5.41) is 6.64. The molecule has 7 rings (SSSR count). The Labute approximate surface area is 233 Å². The lowest BCUT2D eigenvalue weighted by atomic mass is 10.1. The monoisotopic (exact) mass is 556 g/mol. The smallest absolute Gasteiger partial charge is 0.278 e. The first-order valence-corrected chi connectivity index (χ1v) is 14.2. The Balaban J connectivity index is 1.08. The van der Waals surface area contributed by atoms with E-state index >= 15 is 0 Å². The normalized spacial score (nSPS) is 19.9. The Hall–Kier alpha value is -4.16. The number of hydrogen-bond acceptors (Lipinski definition) is 9. The highest BCUT2D eigenvalue weighted by Crippen LogP contribution is 2.35. The van der Waals surface area contributed by atoms with Gasteiger partial charge >= 0.3 is 0 Å². The van der Waals surface area contributed by atoms with Crippen molar-refractivity contribution in [3.63, 3.8) is 0 Å². The molecule has 4 aromatic heterocycles. The van der Waals surface area contributed by atoms with Gasteiger partial charge in [0.15, 0.2) is 0 Å². The molecule has 11 nitrogen and oxygen atoms in total.